The fourth-order valence-electron chi connectivity index (χ4n) is 8.37. The Kier molecular flexibility index (Phi) is 6.93. The number of carbonyl (C=O) groups is 3. The fraction of sp³-hybridized carbons (Fsp3) is 0.417. The van der Waals surface area contributed by atoms with Crippen LogP contribution in [0.4, 0.5) is 0 Å². The predicted molar refractivity (Wildman–Crippen MR) is 165 cm³/mol. The number of hydrogen-bond acceptors (Lipinski definition) is 7. The van der Waals surface area contributed by atoms with Crippen molar-refractivity contribution in [3.8, 4) is 5.75 Å². The van der Waals surface area contributed by atoms with E-state index < -0.39 is 68.6 Å². The van der Waals surface area contributed by atoms with Crippen LogP contribution in [0.5, 0.6) is 5.75 Å². The van der Waals surface area contributed by atoms with Gasteiger partial charge in [0.1, 0.15) is 22.8 Å². The Morgan fingerprint density at radius 1 is 0.953 bits per heavy atom. The van der Waals surface area contributed by atoms with Crippen LogP contribution in [0.25, 0.3) is 17.9 Å². The molecule has 1 fully saturated rings. The number of aliphatic hydroxyl groups is 3. The summed E-state index contributed by atoms with van der Waals surface area (Å²) in [5, 5.41) is 47.2. The molecular formula is C36H40O7. The molecule has 2 aromatic carbocycles. The summed E-state index contributed by atoms with van der Waals surface area (Å²) in [5.41, 5.74) is -2.86. The van der Waals surface area contributed by atoms with Crippen LogP contribution in [0, 0.1) is 35.5 Å². The number of aryl methyl sites for hydroxylation is 1. The SMILES string of the molecule is CC(=O)C1=C(O)[C@]2(O)C(=O)C3=C(O)c4c(ccc(/C=C/c5ccc(C)cc5)c4O)[C@@H](C)[C@]3(C)[C@@H](C)[C@]2(C)C(C(C)C)C1=O. The summed E-state index contributed by atoms with van der Waals surface area (Å²) in [6.45, 7) is 13.9. The minimum atomic E-state index is -2.66. The summed E-state index contributed by atoms with van der Waals surface area (Å²) >= 11 is 0. The van der Waals surface area contributed by atoms with Crippen molar-refractivity contribution in [2.75, 3.05) is 0 Å². The smallest absolute Gasteiger partial charge is 0.203 e. The van der Waals surface area contributed by atoms with Crippen LogP contribution in [0.15, 0.2) is 53.3 Å². The molecule has 3 aliphatic rings. The average molecular weight is 585 g/mol. The van der Waals surface area contributed by atoms with Crippen molar-refractivity contribution < 1.29 is 34.8 Å². The zero-order valence-electron chi connectivity index (χ0n) is 25.9. The second kappa shape index (κ2) is 9.78. The van der Waals surface area contributed by atoms with Gasteiger partial charge in [0.2, 0.25) is 5.78 Å². The lowest BCUT2D eigenvalue weighted by Crippen LogP contribution is -2.72. The summed E-state index contributed by atoms with van der Waals surface area (Å²) < 4.78 is 0. The van der Waals surface area contributed by atoms with E-state index in [9.17, 15) is 34.8 Å². The molecule has 0 saturated heterocycles. The zero-order valence-corrected chi connectivity index (χ0v) is 25.9. The zero-order chi connectivity index (χ0) is 32.0. The van der Waals surface area contributed by atoms with Gasteiger partial charge in [-0.2, -0.15) is 0 Å². The van der Waals surface area contributed by atoms with Crippen LogP contribution >= 0.6 is 0 Å². The lowest BCUT2D eigenvalue weighted by molar-refractivity contribution is -0.195. The molecule has 0 radical (unpaired) electrons. The first-order chi connectivity index (χ1) is 20.0. The Balaban J connectivity index is 1.78. The number of fused-ring (bicyclic) bond motifs is 3. The number of phenolic OH excluding ortho intramolecular Hbond substituents is 1. The standard InChI is InChI=1S/C36H40O7/c1-17(2)27-30(39)25(20(5)37)32(41)36(43)33(42)28-31(40)26-24(19(4)34(28,7)21(6)35(27,36)8)16-15-23(29(26)38)14-13-22-11-9-18(3)10-12-22/h9-17,19,21,27,38,40-41,43H,1-8H3/b14-13+/t19-,21-,27?,34-,35-,36+/m1/s1. The van der Waals surface area contributed by atoms with E-state index in [4.69, 9.17) is 0 Å². The molecule has 3 aliphatic carbocycles. The van der Waals surface area contributed by atoms with E-state index in [1.165, 1.54) is 0 Å². The van der Waals surface area contributed by atoms with E-state index in [-0.39, 0.29) is 22.8 Å². The monoisotopic (exact) mass is 584 g/mol. The number of aliphatic hydroxyl groups excluding tert-OH is 2. The van der Waals surface area contributed by atoms with Crippen molar-refractivity contribution in [3.05, 3.63) is 81.1 Å². The van der Waals surface area contributed by atoms with Gasteiger partial charge >= 0.3 is 0 Å². The molecule has 4 N–H and O–H groups in total. The first-order valence-electron chi connectivity index (χ1n) is 14.8. The van der Waals surface area contributed by atoms with Gasteiger partial charge in [0.05, 0.1) is 5.56 Å². The maximum atomic E-state index is 14.6. The van der Waals surface area contributed by atoms with E-state index in [2.05, 4.69) is 0 Å². The summed E-state index contributed by atoms with van der Waals surface area (Å²) in [7, 11) is 0. The average Bonchev–Trinajstić information content (AvgIpc) is 2.93. The van der Waals surface area contributed by atoms with Crippen LogP contribution < -0.4 is 0 Å². The van der Waals surface area contributed by atoms with Gasteiger partial charge in [-0.25, -0.2) is 0 Å². The molecule has 7 heteroatoms. The lowest BCUT2D eigenvalue weighted by atomic mass is 9.38. The molecule has 0 bridgehead atoms. The van der Waals surface area contributed by atoms with E-state index >= 15 is 0 Å². The maximum Gasteiger partial charge on any atom is 0.203 e. The van der Waals surface area contributed by atoms with Crippen molar-refractivity contribution in [1.82, 2.24) is 0 Å². The van der Waals surface area contributed by atoms with Gasteiger partial charge in [-0.15, -0.1) is 0 Å². The number of phenols is 1. The number of rotatable bonds is 4. The quantitative estimate of drug-likeness (QED) is 0.239. The van der Waals surface area contributed by atoms with Crippen LogP contribution in [-0.4, -0.2) is 43.4 Å². The highest BCUT2D eigenvalue weighted by atomic mass is 16.3. The second-order valence-corrected chi connectivity index (χ2v) is 13.3. The normalized spacial score (nSPS) is 32.3. The molecular weight excluding hydrogens is 544 g/mol. The van der Waals surface area contributed by atoms with Crippen molar-refractivity contribution in [2.45, 2.75) is 66.9 Å². The Hall–Kier alpha value is -3.97. The third-order valence-electron chi connectivity index (χ3n) is 11.1. The Bertz CT molecular complexity index is 1670. The molecule has 226 valence electrons. The summed E-state index contributed by atoms with van der Waals surface area (Å²) in [5.74, 6) is -6.45. The molecule has 6 atom stereocenters. The number of aromatic hydroxyl groups is 1. The fourth-order valence-corrected chi connectivity index (χ4v) is 8.37. The predicted octanol–water partition coefficient (Wildman–Crippen LogP) is 6.48. The first kappa shape index (κ1) is 30.5. The lowest BCUT2D eigenvalue weighted by Gasteiger charge is -2.64. The van der Waals surface area contributed by atoms with Crippen LogP contribution in [0.3, 0.4) is 0 Å². The Labute approximate surface area is 252 Å². The maximum absolute atomic E-state index is 14.6. The Morgan fingerprint density at radius 3 is 2.12 bits per heavy atom. The number of ketones is 3. The summed E-state index contributed by atoms with van der Waals surface area (Å²) in [6, 6.07) is 11.4. The van der Waals surface area contributed by atoms with Crippen molar-refractivity contribution in [2.24, 2.45) is 28.6 Å². The third kappa shape index (κ3) is 3.73. The number of benzene rings is 2. The molecule has 5 rings (SSSR count). The molecule has 43 heavy (non-hydrogen) atoms. The second-order valence-electron chi connectivity index (χ2n) is 13.3. The van der Waals surface area contributed by atoms with Gasteiger partial charge in [-0.05, 0) is 42.7 Å². The Morgan fingerprint density at radius 2 is 1.56 bits per heavy atom. The van der Waals surface area contributed by atoms with Gasteiger partial charge in [0, 0.05) is 27.9 Å². The van der Waals surface area contributed by atoms with Crippen molar-refractivity contribution >= 4 is 35.3 Å². The molecule has 1 saturated carbocycles. The highest BCUT2D eigenvalue weighted by Crippen LogP contribution is 2.70. The highest BCUT2D eigenvalue weighted by molar-refractivity contribution is 6.24. The first-order valence-corrected chi connectivity index (χ1v) is 14.8. The van der Waals surface area contributed by atoms with Crippen LogP contribution in [-0.2, 0) is 14.4 Å². The molecule has 2 aromatic rings. The van der Waals surface area contributed by atoms with Gasteiger partial charge in [-0.1, -0.05) is 95.7 Å². The molecule has 7 nitrogen and oxygen atoms in total. The van der Waals surface area contributed by atoms with E-state index in [1.807, 2.05) is 64.1 Å². The minimum absolute atomic E-state index is 0.0846. The van der Waals surface area contributed by atoms with Gasteiger partial charge < -0.3 is 20.4 Å². The molecule has 0 spiro atoms. The van der Waals surface area contributed by atoms with Crippen molar-refractivity contribution in [1.29, 1.82) is 0 Å². The number of carbonyl (C=O) groups excluding carboxylic acids is 3. The number of Topliss-reactive ketones (excluding diaryl/α,β-unsaturated/α-hetero) is 3. The molecule has 1 unspecified atom stereocenters. The number of hydrogen-bond donors (Lipinski definition) is 4. The van der Waals surface area contributed by atoms with E-state index in [0.29, 0.717) is 11.1 Å². The summed E-state index contributed by atoms with van der Waals surface area (Å²) in [6.07, 6.45) is 3.56. The van der Waals surface area contributed by atoms with Crippen LogP contribution in [0.2, 0.25) is 0 Å². The highest BCUT2D eigenvalue weighted by Gasteiger charge is 2.75. The molecule has 0 aromatic heterocycles. The molecule has 0 amide bonds. The van der Waals surface area contributed by atoms with Gasteiger partial charge in [0.15, 0.2) is 17.2 Å². The van der Waals surface area contributed by atoms with E-state index in [0.717, 1.165) is 18.1 Å². The minimum Gasteiger partial charge on any atom is -0.508 e. The molecule has 0 aliphatic heterocycles. The van der Waals surface area contributed by atoms with E-state index in [1.54, 1.807) is 32.9 Å². The summed E-state index contributed by atoms with van der Waals surface area (Å²) in [4.78, 5) is 41.1. The number of allylic oxidation sites excluding steroid dienone is 1. The van der Waals surface area contributed by atoms with Crippen LogP contribution in [0.1, 0.15) is 82.2 Å². The van der Waals surface area contributed by atoms with Gasteiger partial charge in [-0.3, -0.25) is 14.4 Å². The molecule has 0 heterocycles. The largest absolute Gasteiger partial charge is 0.508 e. The topological polar surface area (TPSA) is 132 Å². The third-order valence-corrected chi connectivity index (χ3v) is 11.1. The van der Waals surface area contributed by atoms with Crippen molar-refractivity contribution in [3.63, 3.8) is 0 Å². The van der Waals surface area contributed by atoms with Gasteiger partial charge in [0.25, 0.3) is 0 Å².